The molecule has 0 atom stereocenters. The predicted octanol–water partition coefficient (Wildman–Crippen LogP) is 1.89. The van der Waals surface area contributed by atoms with Crippen LogP contribution in [0.5, 0.6) is 0 Å². The molecule has 0 aromatic carbocycles. The third-order valence-electron chi connectivity index (χ3n) is 1.44. The Bertz CT molecular complexity index is 463. The molecule has 0 fully saturated rings. The fourth-order valence-electron chi connectivity index (χ4n) is 0.892. The topological polar surface area (TPSA) is 47.3 Å². The standard InChI is InChI=1S/C6H4ClN3OS2/c1-12-6-9-10-3(4(7)11)2-8-5(10)13-6/h2H,1H3. The van der Waals surface area contributed by atoms with Gasteiger partial charge in [-0.15, -0.1) is 5.10 Å². The van der Waals surface area contributed by atoms with Gasteiger partial charge in [0.1, 0.15) is 5.69 Å². The van der Waals surface area contributed by atoms with E-state index < -0.39 is 5.24 Å². The average Bonchev–Trinajstić information content (AvgIpc) is 2.59. The summed E-state index contributed by atoms with van der Waals surface area (Å²) in [5, 5.41) is 3.61. The molecular weight excluding hydrogens is 230 g/mol. The second-order valence-electron chi connectivity index (χ2n) is 2.18. The second-order valence-corrected chi connectivity index (χ2v) is 4.54. The van der Waals surface area contributed by atoms with E-state index in [1.807, 2.05) is 6.26 Å². The molecule has 2 aromatic heterocycles. The Labute approximate surface area is 86.9 Å². The van der Waals surface area contributed by atoms with E-state index in [0.29, 0.717) is 10.7 Å². The highest BCUT2D eigenvalue weighted by Crippen LogP contribution is 2.23. The summed E-state index contributed by atoms with van der Waals surface area (Å²) in [6.07, 6.45) is 3.35. The summed E-state index contributed by atoms with van der Waals surface area (Å²) in [7, 11) is 0. The first-order valence-electron chi connectivity index (χ1n) is 3.31. The van der Waals surface area contributed by atoms with Gasteiger partial charge in [0.2, 0.25) is 4.96 Å². The van der Waals surface area contributed by atoms with E-state index in [-0.39, 0.29) is 0 Å². The van der Waals surface area contributed by atoms with Crippen molar-refractivity contribution in [2.45, 2.75) is 4.34 Å². The summed E-state index contributed by atoms with van der Waals surface area (Å²) in [5.41, 5.74) is 0.313. The van der Waals surface area contributed by atoms with E-state index in [1.165, 1.54) is 33.8 Å². The summed E-state index contributed by atoms with van der Waals surface area (Å²) in [4.78, 5) is 15.6. The molecule has 0 aliphatic heterocycles. The molecular formula is C6H4ClN3OS2. The Morgan fingerprint density at radius 3 is 3.15 bits per heavy atom. The van der Waals surface area contributed by atoms with Crippen LogP contribution in [0.1, 0.15) is 10.5 Å². The predicted molar refractivity (Wildman–Crippen MR) is 52.8 cm³/mol. The molecule has 0 unspecified atom stereocenters. The quantitative estimate of drug-likeness (QED) is 0.587. The SMILES string of the molecule is CSc1nn2c(C(=O)Cl)cnc2s1. The number of carbonyl (C=O) groups is 1. The summed E-state index contributed by atoms with van der Waals surface area (Å²) in [6.45, 7) is 0. The highest BCUT2D eigenvalue weighted by molar-refractivity contribution is 8.00. The number of carbonyl (C=O) groups excluding carboxylic acids is 1. The van der Waals surface area contributed by atoms with Gasteiger partial charge in [0.15, 0.2) is 4.34 Å². The Balaban J connectivity index is 2.65. The maximum Gasteiger partial charge on any atom is 0.272 e. The maximum absolute atomic E-state index is 10.9. The van der Waals surface area contributed by atoms with Gasteiger partial charge in [0, 0.05) is 0 Å². The molecule has 0 bridgehead atoms. The van der Waals surface area contributed by atoms with Gasteiger partial charge >= 0.3 is 0 Å². The van der Waals surface area contributed by atoms with Gasteiger partial charge in [-0.3, -0.25) is 4.79 Å². The van der Waals surface area contributed by atoms with Gasteiger partial charge in [-0.25, -0.2) is 4.98 Å². The number of hydrogen-bond donors (Lipinski definition) is 0. The van der Waals surface area contributed by atoms with Gasteiger partial charge in [0.05, 0.1) is 6.20 Å². The monoisotopic (exact) mass is 233 g/mol. The average molecular weight is 234 g/mol. The zero-order chi connectivity index (χ0) is 9.42. The lowest BCUT2D eigenvalue weighted by molar-refractivity contribution is 0.107. The minimum absolute atomic E-state index is 0.313. The van der Waals surface area contributed by atoms with Crippen LogP contribution < -0.4 is 0 Å². The van der Waals surface area contributed by atoms with Crippen molar-refractivity contribution in [3.63, 3.8) is 0 Å². The molecule has 7 heteroatoms. The molecule has 4 nitrogen and oxygen atoms in total. The van der Waals surface area contributed by atoms with Crippen LogP contribution in [0.15, 0.2) is 10.5 Å². The number of halogens is 1. The molecule has 68 valence electrons. The fraction of sp³-hybridized carbons (Fsp3) is 0.167. The zero-order valence-electron chi connectivity index (χ0n) is 6.52. The summed E-state index contributed by atoms with van der Waals surface area (Å²) in [5.74, 6) is 0. The number of imidazole rings is 1. The minimum Gasteiger partial charge on any atom is -0.274 e. The lowest BCUT2D eigenvalue weighted by atomic mass is 10.5. The first-order chi connectivity index (χ1) is 6.22. The molecule has 0 spiro atoms. The highest BCUT2D eigenvalue weighted by atomic mass is 35.5. The van der Waals surface area contributed by atoms with Crippen LogP contribution in [-0.4, -0.2) is 26.1 Å². The molecule has 2 heterocycles. The van der Waals surface area contributed by atoms with Gasteiger partial charge < -0.3 is 0 Å². The van der Waals surface area contributed by atoms with Crippen LogP contribution in [0.3, 0.4) is 0 Å². The molecule has 0 N–H and O–H groups in total. The maximum atomic E-state index is 10.9. The van der Waals surface area contributed by atoms with E-state index in [0.717, 1.165) is 4.34 Å². The Kier molecular flexibility index (Phi) is 2.27. The van der Waals surface area contributed by atoms with Crippen LogP contribution in [0, 0.1) is 0 Å². The van der Waals surface area contributed by atoms with Crippen molar-refractivity contribution in [2.24, 2.45) is 0 Å². The van der Waals surface area contributed by atoms with Gasteiger partial charge in [0.25, 0.3) is 5.24 Å². The number of rotatable bonds is 2. The van der Waals surface area contributed by atoms with Crippen LogP contribution in [-0.2, 0) is 0 Å². The van der Waals surface area contributed by atoms with E-state index in [1.54, 1.807) is 0 Å². The lowest BCUT2D eigenvalue weighted by Crippen LogP contribution is -1.96. The van der Waals surface area contributed by atoms with Crippen molar-refractivity contribution < 1.29 is 4.79 Å². The molecule has 2 rings (SSSR count). The Morgan fingerprint density at radius 2 is 2.54 bits per heavy atom. The molecule has 13 heavy (non-hydrogen) atoms. The summed E-state index contributed by atoms with van der Waals surface area (Å²) in [6, 6.07) is 0. The fourth-order valence-corrected chi connectivity index (χ4v) is 2.35. The first-order valence-corrected chi connectivity index (χ1v) is 5.72. The number of aromatic nitrogens is 3. The van der Waals surface area contributed by atoms with Crippen molar-refractivity contribution in [3.8, 4) is 0 Å². The lowest BCUT2D eigenvalue weighted by Gasteiger charge is -1.86. The minimum atomic E-state index is -0.537. The third kappa shape index (κ3) is 1.45. The first kappa shape index (κ1) is 8.98. The molecule has 0 aliphatic carbocycles. The van der Waals surface area contributed by atoms with Crippen LogP contribution >= 0.6 is 34.7 Å². The number of nitrogens with zero attached hydrogens (tertiary/aromatic N) is 3. The molecule has 0 saturated carbocycles. The van der Waals surface area contributed by atoms with Crippen molar-refractivity contribution in [1.82, 2.24) is 14.6 Å². The van der Waals surface area contributed by atoms with E-state index in [4.69, 9.17) is 11.6 Å². The van der Waals surface area contributed by atoms with E-state index in [2.05, 4.69) is 10.1 Å². The van der Waals surface area contributed by atoms with Crippen molar-refractivity contribution >= 4 is 44.9 Å². The van der Waals surface area contributed by atoms with Crippen LogP contribution in [0.2, 0.25) is 0 Å². The van der Waals surface area contributed by atoms with Crippen LogP contribution in [0.25, 0.3) is 4.96 Å². The second kappa shape index (κ2) is 3.28. The normalized spacial score (nSPS) is 10.9. The Hall–Kier alpha value is -0.590. The van der Waals surface area contributed by atoms with Crippen molar-refractivity contribution in [1.29, 1.82) is 0 Å². The van der Waals surface area contributed by atoms with Gasteiger partial charge in [-0.1, -0.05) is 23.1 Å². The largest absolute Gasteiger partial charge is 0.274 e. The third-order valence-corrected chi connectivity index (χ3v) is 3.53. The van der Waals surface area contributed by atoms with E-state index >= 15 is 0 Å². The molecule has 0 radical (unpaired) electrons. The number of hydrogen-bond acceptors (Lipinski definition) is 5. The zero-order valence-corrected chi connectivity index (χ0v) is 8.91. The summed E-state index contributed by atoms with van der Waals surface area (Å²) < 4.78 is 2.33. The van der Waals surface area contributed by atoms with E-state index in [9.17, 15) is 4.79 Å². The van der Waals surface area contributed by atoms with Gasteiger partial charge in [-0.05, 0) is 17.9 Å². The smallest absolute Gasteiger partial charge is 0.272 e. The summed E-state index contributed by atoms with van der Waals surface area (Å²) >= 11 is 8.27. The number of fused-ring (bicyclic) bond motifs is 1. The van der Waals surface area contributed by atoms with Gasteiger partial charge in [-0.2, -0.15) is 4.52 Å². The van der Waals surface area contributed by atoms with Crippen molar-refractivity contribution in [2.75, 3.05) is 6.26 Å². The number of thioether (sulfide) groups is 1. The molecule has 0 saturated heterocycles. The van der Waals surface area contributed by atoms with Crippen LogP contribution in [0.4, 0.5) is 0 Å². The molecule has 2 aromatic rings. The Morgan fingerprint density at radius 1 is 1.77 bits per heavy atom. The molecule has 0 amide bonds. The highest BCUT2D eigenvalue weighted by Gasteiger charge is 2.13. The molecule has 0 aliphatic rings. The van der Waals surface area contributed by atoms with Crippen molar-refractivity contribution in [3.05, 3.63) is 11.9 Å².